The molecule has 0 aliphatic carbocycles. The maximum Gasteiger partial charge on any atom is 0.238 e. The lowest BCUT2D eigenvalue weighted by Crippen LogP contribution is -2.22. The predicted molar refractivity (Wildman–Crippen MR) is 75.3 cm³/mol. The summed E-state index contributed by atoms with van der Waals surface area (Å²) in [4.78, 5) is 12.0. The lowest BCUT2D eigenvalue weighted by atomic mass is 10.0. The summed E-state index contributed by atoms with van der Waals surface area (Å²) in [6.07, 6.45) is 1.49. The molecule has 0 spiro atoms. The molecule has 0 saturated heterocycles. The molecule has 0 atom stereocenters. The minimum atomic E-state index is -3.76. The number of hydrogen-bond acceptors (Lipinski definition) is 3. The van der Waals surface area contributed by atoms with Gasteiger partial charge in [-0.3, -0.25) is 4.79 Å². The summed E-state index contributed by atoms with van der Waals surface area (Å²) in [5, 5.41) is 7.84. The van der Waals surface area contributed by atoms with Crippen LogP contribution in [0.25, 0.3) is 0 Å². The molecule has 6 heteroatoms. The zero-order valence-corrected chi connectivity index (χ0v) is 12.3. The van der Waals surface area contributed by atoms with Crippen molar-refractivity contribution >= 4 is 21.6 Å². The molecule has 0 unspecified atom stereocenters. The molecule has 106 valence electrons. The number of sulfonamides is 1. The zero-order valence-electron chi connectivity index (χ0n) is 11.4. The van der Waals surface area contributed by atoms with E-state index in [0.717, 1.165) is 18.4 Å². The van der Waals surface area contributed by atoms with E-state index in [0.29, 0.717) is 5.69 Å². The largest absolute Gasteiger partial charge is 0.326 e. The van der Waals surface area contributed by atoms with Gasteiger partial charge in [0.1, 0.15) is 0 Å². The highest BCUT2D eigenvalue weighted by molar-refractivity contribution is 7.89. The van der Waals surface area contributed by atoms with Crippen LogP contribution in [0.5, 0.6) is 0 Å². The number of anilines is 1. The Kier molecular flexibility index (Phi) is 5.08. The molecule has 0 saturated carbocycles. The van der Waals surface area contributed by atoms with E-state index in [1.54, 1.807) is 13.0 Å². The molecule has 1 aromatic rings. The number of carbonyl (C=O) groups excluding carboxylic acids is 1. The van der Waals surface area contributed by atoms with Crippen LogP contribution in [0.15, 0.2) is 23.1 Å². The van der Waals surface area contributed by atoms with Gasteiger partial charge in [0.15, 0.2) is 0 Å². The summed E-state index contributed by atoms with van der Waals surface area (Å²) in [5.41, 5.74) is 1.29. The molecule has 5 nitrogen and oxygen atoms in total. The normalized spacial score (nSPS) is 11.6. The van der Waals surface area contributed by atoms with Crippen LogP contribution in [0.2, 0.25) is 0 Å². The quantitative estimate of drug-likeness (QED) is 0.866. The van der Waals surface area contributed by atoms with Crippen molar-refractivity contribution in [1.29, 1.82) is 0 Å². The van der Waals surface area contributed by atoms with Gasteiger partial charge in [0.2, 0.25) is 15.9 Å². The van der Waals surface area contributed by atoms with E-state index in [-0.39, 0.29) is 16.7 Å². The molecule has 0 fully saturated rings. The fourth-order valence-electron chi connectivity index (χ4n) is 1.81. The maximum atomic E-state index is 12.0. The molecule has 0 aliphatic rings. The number of rotatable bonds is 5. The highest BCUT2D eigenvalue weighted by atomic mass is 32.2. The average molecular weight is 284 g/mol. The average Bonchev–Trinajstić information content (AvgIpc) is 2.32. The summed E-state index contributed by atoms with van der Waals surface area (Å²) in [6.45, 7) is 5.69. The van der Waals surface area contributed by atoms with E-state index in [9.17, 15) is 13.2 Å². The minimum absolute atomic E-state index is 0.00190. The molecule has 0 bridgehead atoms. The van der Waals surface area contributed by atoms with Gasteiger partial charge in [0.25, 0.3) is 0 Å². The monoisotopic (exact) mass is 284 g/mol. The first-order chi connectivity index (χ1) is 8.79. The van der Waals surface area contributed by atoms with Crippen molar-refractivity contribution in [2.24, 2.45) is 11.1 Å². The fraction of sp³-hybridized carbons (Fsp3) is 0.462. The summed E-state index contributed by atoms with van der Waals surface area (Å²) in [5.74, 6) is -0.169. The van der Waals surface area contributed by atoms with E-state index in [1.165, 1.54) is 12.1 Å². The van der Waals surface area contributed by atoms with E-state index in [1.807, 2.05) is 13.8 Å². The second kappa shape index (κ2) is 6.16. The first-order valence-corrected chi connectivity index (χ1v) is 7.78. The molecule has 1 rings (SSSR count). The zero-order chi connectivity index (χ0) is 14.6. The van der Waals surface area contributed by atoms with Crippen molar-refractivity contribution in [3.8, 4) is 0 Å². The van der Waals surface area contributed by atoms with Gasteiger partial charge in [-0.1, -0.05) is 19.9 Å². The molecule has 0 aromatic heterocycles. The van der Waals surface area contributed by atoms with Crippen molar-refractivity contribution in [3.05, 3.63) is 23.8 Å². The van der Waals surface area contributed by atoms with E-state index in [2.05, 4.69) is 5.32 Å². The van der Waals surface area contributed by atoms with E-state index >= 15 is 0 Å². The summed E-state index contributed by atoms with van der Waals surface area (Å²) < 4.78 is 22.6. The van der Waals surface area contributed by atoms with Gasteiger partial charge in [-0.15, -0.1) is 0 Å². The smallest absolute Gasteiger partial charge is 0.238 e. The first-order valence-electron chi connectivity index (χ1n) is 6.23. The summed E-state index contributed by atoms with van der Waals surface area (Å²) in [7, 11) is -3.76. The van der Waals surface area contributed by atoms with Crippen LogP contribution < -0.4 is 10.5 Å². The molecular formula is C13H20N2O3S. The van der Waals surface area contributed by atoms with Crippen molar-refractivity contribution in [1.82, 2.24) is 0 Å². The van der Waals surface area contributed by atoms with Crippen LogP contribution in [-0.2, 0) is 14.8 Å². The Balaban J connectivity index is 3.04. The van der Waals surface area contributed by atoms with Gasteiger partial charge in [0.05, 0.1) is 4.90 Å². The molecule has 0 radical (unpaired) electrons. The minimum Gasteiger partial charge on any atom is -0.326 e. The molecule has 1 amide bonds. The number of amides is 1. The van der Waals surface area contributed by atoms with Crippen LogP contribution in [0.1, 0.15) is 32.3 Å². The number of primary sulfonamides is 1. The van der Waals surface area contributed by atoms with Gasteiger partial charge in [-0.2, -0.15) is 0 Å². The Labute approximate surface area is 114 Å². The molecule has 0 heterocycles. The second-order valence-corrected chi connectivity index (χ2v) is 6.09. The number of carbonyl (C=O) groups is 1. The lowest BCUT2D eigenvalue weighted by Gasteiger charge is -2.15. The van der Waals surface area contributed by atoms with Gasteiger partial charge < -0.3 is 5.32 Å². The van der Waals surface area contributed by atoms with Crippen molar-refractivity contribution in [2.45, 2.75) is 38.5 Å². The molecule has 0 aliphatic heterocycles. The predicted octanol–water partition coefficient (Wildman–Crippen LogP) is 2.02. The summed E-state index contributed by atoms with van der Waals surface area (Å²) >= 11 is 0. The summed E-state index contributed by atoms with van der Waals surface area (Å²) in [6, 6.07) is 4.45. The van der Waals surface area contributed by atoms with Gasteiger partial charge in [0, 0.05) is 11.6 Å². The van der Waals surface area contributed by atoms with Crippen LogP contribution in [-0.4, -0.2) is 14.3 Å². The van der Waals surface area contributed by atoms with Crippen LogP contribution >= 0.6 is 0 Å². The van der Waals surface area contributed by atoms with E-state index in [4.69, 9.17) is 5.14 Å². The number of aryl methyl sites for hydroxylation is 1. The van der Waals surface area contributed by atoms with Crippen LogP contribution in [0, 0.1) is 12.8 Å². The number of hydrogen-bond donors (Lipinski definition) is 2. The van der Waals surface area contributed by atoms with Crippen LogP contribution in [0.4, 0.5) is 5.69 Å². The fourth-order valence-corrected chi connectivity index (χ4v) is 2.35. The Morgan fingerprint density at radius 1 is 1.32 bits per heavy atom. The van der Waals surface area contributed by atoms with Crippen molar-refractivity contribution < 1.29 is 13.2 Å². The standard InChI is InChI=1S/C13H20N2O3S/c1-4-10(5-2)13(16)15-12-8-11(19(14,17)18)7-6-9(12)3/h6-8,10H,4-5H2,1-3H3,(H,15,16)(H2,14,17,18). The SMILES string of the molecule is CCC(CC)C(=O)Nc1cc(S(N)(=O)=O)ccc1C. The van der Waals surface area contributed by atoms with Crippen LogP contribution in [0.3, 0.4) is 0 Å². The highest BCUT2D eigenvalue weighted by Crippen LogP contribution is 2.21. The highest BCUT2D eigenvalue weighted by Gasteiger charge is 2.16. The van der Waals surface area contributed by atoms with Gasteiger partial charge >= 0.3 is 0 Å². The lowest BCUT2D eigenvalue weighted by molar-refractivity contribution is -0.120. The maximum absolute atomic E-state index is 12.0. The second-order valence-electron chi connectivity index (χ2n) is 4.52. The topological polar surface area (TPSA) is 89.3 Å². The van der Waals surface area contributed by atoms with E-state index < -0.39 is 10.0 Å². The third-order valence-corrected chi connectivity index (χ3v) is 4.06. The Hall–Kier alpha value is -1.40. The molecule has 1 aromatic carbocycles. The number of benzene rings is 1. The van der Waals surface area contributed by atoms with Gasteiger partial charge in [-0.05, 0) is 37.5 Å². The Morgan fingerprint density at radius 2 is 1.89 bits per heavy atom. The third-order valence-electron chi connectivity index (χ3n) is 3.15. The van der Waals surface area contributed by atoms with Crippen molar-refractivity contribution in [3.63, 3.8) is 0 Å². The number of nitrogens with one attached hydrogen (secondary N) is 1. The Morgan fingerprint density at radius 3 is 2.37 bits per heavy atom. The molecule has 3 N–H and O–H groups in total. The number of nitrogens with two attached hydrogens (primary N) is 1. The van der Waals surface area contributed by atoms with Gasteiger partial charge in [-0.25, -0.2) is 13.6 Å². The Bertz CT molecular complexity index is 563. The molecule has 19 heavy (non-hydrogen) atoms. The molecular weight excluding hydrogens is 264 g/mol. The van der Waals surface area contributed by atoms with Crippen molar-refractivity contribution in [2.75, 3.05) is 5.32 Å². The first kappa shape index (κ1) is 15.7. The third kappa shape index (κ3) is 4.04.